The van der Waals surface area contributed by atoms with E-state index in [1.165, 1.54) is 27.8 Å². The number of amides is 1. The molecule has 0 saturated heterocycles. The third-order valence-corrected chi connectivity index (χ3v) is 5.23. The van der Waals surface area contributed by atoms with Crippen molar-refractivity contribution in [3.63, 3.8) is 0 Å². The zero-order chi connectivity index (χ0) is 19.5. The largest absolute Gasteiger partial charge is 0.484 e. The Labute approximate surface area is 166 Å². The highest BCUT2D eigenvalue weighted by Crippen LogP contribution is 2.25. The van der Waals surface area contributed by atoms with E-state index in [1.807, 2.05) is 50.4 Å². The lowest BCUT2D eigenvalue weighted by molar-refractivity contribution is -0.118. The van der Waals surface area contributed by atoms with Crippen molar-refractivity contribution >= 4 is 33.3 Å². The summed E-state index contributed by atoms with van der Waals surface area (Å²) in [4.78, 5) is 12.1. The number of nitrogens with one attached hydrogen (secondary N) is 1. The first-order valence-corrected chi connectivity index (χ1v) is 9.75. The number of carbonyl (C=O) groups excluding carboxylic acids is 1. The number of fused-ring (bicyclic) bond motifs is 1. The van der Waals surface area contributed by atoms with E-state index < -0.39 is 0 Å². The summed E-state index contributed by atoms with van der Waals surface area (Å²) >= 11 is 1.38. The fourth-order valence-electron chi connectivity index (χ4n) is 3.11. The summed E-state index contributed by atoms with van der Waals surface area (Å²) < 4.78 is 7.62. The lowest BCUT2D eigenvalue weighted by Crippen LogP contribution is -2.20. The maximum Gasteiger partial charge on any atom is 0.264 e. The Morgan fingerprint density at radius 2 is 2.04 bits per heavy atom. The van der Waals surface area contributed by atoms with Gasteiger partial charge in [-0.15, -0.1) is 10.2 Å². The molecule has 2 aromatic carbocycles. The van der Waals surface area contributed by atoms with E-state index in [9.17, 15) is 4.79 Å². The van der Waals surface area contributed by atoms with Gasteiger partial charge in [-0.2, -0.15) is 0 Å². The molecular weight excluding hydrogens is 372 g/mol. The molecule has 0 spiro atoms. The van der Waals surface area contributed by atoms with Crippen LogP contribution in [-0.4, -0.2) is 27.3 Å². The lowest BCUT2D eigenvalue weighted by Gasteiger charge is -2.05. The molecule has 0 radical (unpaired) electrons. The number of hydrogen-bond donors (Lipinski definition) is 1. The maximum atomic E-state index is 12.1. The number of aryl methyl sites for hydroxylation is 2. The SMILES string of the molecule is Cc1cccc(OCC(=O)Nc2nnc(Cc3cn(C)c4ccccc34)s2)c1. The number of rotatable bonds is 6. The predicted molar refractivity (Wildman–Crippen MR) is 111 cm³/mol. The minimum atomic E-state index is -0.255. The van der Waals surface area contributed by atoms with Gasteiger partial charge in [0, 0.05) is 30.6 Å². The highest BCUT2D eigenvalue weighted by molar-refractivity contribution is 7.15. The zero-order valence-corrected chi connectivity index (χ0v) is 16.5. The summed E-state index contributed by atoms with van der Waals surface area (Å²) in [5.74, 6) is 0.415. The second-order valence-corrected chi connectivity index (χ2v) is 7.68. The van der Waals surface area contributed by atoms with Crippen LogP contribution in [-0.2, 0) is 18.3 Å². The van der Waals surface area contributed by atoms with E-state index in [0.717, 1.165) is 10.6 Å². The third-order valence-electron chi connectivity index (χ3n) is 4.39. The van der Waals surface area contributed by atoms with Crippen LogP contribution in [0.3, 0.4) is 0 Å². The quantitative estimate of drug-likeness (QED) is 0.539. The van der Waals surface area contributed by atoms with E-state index >= 15 is 0 Å². The second kappa shape index (κ2) is 7.82. The van der Waals surface area contributed by atoms with Gasteiger partial charge in [0.15, 0.2) is 6.61 Å². The van der Waals surface area contributed by atoms with Crippen LogP contribution in [0, 0.1) is 6.92 Å². The van der Waals surface area contributed by atoms with Crippen LogP contribution in [0.25, 0.3) is 10.9 Å². The summed E-state index contributed by atoms with van der Waals surface area (Å²) in [7, 11) is 2.03. The highest BCUT2D eigenvalue weighted by atomic mass is 32.1. The molecule has 142 valence electrons. The molecule has 0 fully saturated rings. The summed E-state index contributed by atoms with van der Waals surface area (Å²) in [6, 6.07) is 15.9. The van der Waals surface area contributed by atoms with E-state index in [2.05, 4.69) is 38.4 Å². The molecular formula is C21H20N4O2S. The number of anilines is 1. The van der Waals surface area contributed by atoms with Crippen molar-refractivity contribution in [3.05, 3.63) is 70.9 Å². The molecule has 1 N–H and O–H groups in total. The number of nitrogens with zero attached hydrogens (tertiary/aromatic N) is 3. The van der Waals surface area contributed by atoms with E-state index in [-0.39, 0.29) is 12.5 Å². The number of ether oxygens (including phenoxy) is 1. The first kappa shape index (κ1) is 18.2. The predicted octanol–water partition coefficient (Wildman–Crippen LogP) is 3.95. The Bertz CT molecular complexity index is 1130. The van der Waals surface area contributed by atoms with Crippen LogP contribution in [0.15, 0.2) is 54.7 Å². The van der Waals surface area contributed by atoms with Crippen molar-refractivity contribution in [2.24, 2.45) is 7.05 Å². The van der Waals surface area contributed by atoms with Crippen molar-refractivity contribution in [1.82, 2.24) is 14.8 Å². The Kier molecular flexibility index (Phi) is 5.08. The molecule has 0 aliphatic heterocycles. The first-order chi connectivity index (χ1) is 13.6. The number of para-hydroxylation sites is 1. The van der Waals surface area contributed by atoms with Crippen molar-refractivity contribution in [2.75, 3.05) is 11.9 Å². The summed E-state index contributed by atoms with van der Waals surface area (Å²) in [6.45, 7) is 1.91. The Morgan fingerprint density at radius 1 is 1.18 bits per heavy atom. The Balaban J connectivity index is 1.38. The molecule has 4 rings (SSSR count). The fourth-order valence-corrected chi connectivity index (χ4v) is 3.89. The standard InChI is InChI=1S/C21H20N4O2S/c1-14-6-5-7-16(10-14)27-13-19(26)22-21-24-23-20(28-21)11-15-12-25(2)18-9-4-3-8-17(15)18/h3-10,12H,11,13H2,1-2H3,(H,22,24,26). The molecule has 7 heteroatoms. The average Bonchev–Trinajstić information content (AvgIpc) is 3.25. The molecule has 0 saturated carbocycles. The molecule has 2 aromatic heterocycles. The van der Waals surface area contributed by atoms with Gasteiger partial charge in [-0.1, -0.05) is 41.7 Å². The summed E-state index contributed by atoms with van der Waals surface area (Å²) in [5.41, 5.74) is 3.46. The van der Waals surface area contributed by atoms with Gasteiger partial charge in [-0.05, 0) is 36.2 Å². The van der Waals surface area contributed by atoms with Crippen LogP contribution < -0.4 is 10.1 Å². The molecule has 0 atom stereocenters. The topological polar surface area (TPSA) is 69.0 Å². The lowest BCUT2D eigenvalue weighted by atomic mass is 10.1. The van der Waals surface area contributed by atoms with E-state index in [0.29, 0.717) is 17.3 Å². The van der Waals surface area contributed by atoms with Gasteiger partial charge < -0.3 is 9.30 Å². The van der Waals surface area contributed by atoms with Gasteiger partial charge in [-0.25, -0.2) is 0 Å². The normalized spacial score (nSPS) is 10.9. The molecule has 1 amide bonds. The zero-order valence-electron chi connectivity index (χ0n) is 15.7. The number of hydrogen-bond acceptors (Lipinski definition) is 5. The second-order valence-electron chi connectivity index (χ2n) is 6.61. The van der Waals surface area contributed by atoms with Gasteiger partial charge in [0.05, 0.1) is 0 Å². The molecule has 0 aliphatic rings. The van der Waals surface area contributed by atoms with Crippen LogP contribution in [0.5, 0.6) is 5.75 Å². The van der Waals surface area contributed by atoms with E-state index in [4.69, 9.17) is 4.74 Å². The number of aromatic nitrogens is 3. The maximum absolute atomic E-state index is 12.1. The van der Waals surface area contributed by atoms with Crippen molar-refractivity contribution in [2.45, 2.75) is 13.3 Å². The summed E-state index contributed by atoms with van der Waals surface area (Å²) in [6.07, 6.45) is 2.79. The van der Waals surface area contributed by atoms with Crippen LogP contribution in [0.1, 0.15) is 16.1 Å². The molecule has 4 aromatic rings. The molecule has 28 heavy (non-hydrogen) atoms. The Hall–Kier alpha value is -3.19. The number of benzene rings is 2. The third kappa shape index (κ3) is 4.04. The van der Waals surface area contributed by atoms with Gasteiger partial charge in [0.1, 0.15) is 10.8 Å². The van der Waals surface area contributed by atoms with Gasteiger partial charge in [0.2, 0.25) is 5.13 Å². The Morgan fingerprint density at radius 3 is 2.89 bits per heavy atom. The van der Waals surface area contributed by atoms with E-state index in [1.54, 1.807) is 0 Å². The monoisotopic (exact) mass is 392 g/mol. The van der Waals surface area contributed by atoms with Gasteiger partial charge >= 0.3 is 0 Å². The highest BCUT2D eigenvalue weighted by Gasteiger charge is 2.12. The molecule has 0 aliphatic carbocycles. The summed E-state index contributed by atoms with van der Waals surface area (Å²) in [5, 5.41) is 13.6. The smallest absolute Gasteiger partial charge is 0.264 e. The first-order valence-electron chi connectivity index (χ1n) is 8.93. The van der Waals surface area contributed by atoms with Crippen LogP contribution >= 0.6 is 11.3 Å². The molecule has 0 bridgehead atoms. The fraction of sp³-hybridized carbons (Fsp3) is 0.190. The number of carbonyl (C=O) groups is 1. The van der Waals surface area contributed by atoms with Crippen molar-refractivity contribution < 1.29 is 9.53 Å². The minimum absolute atomic E-state index is 0.0678. The van der Waals surface area contributed by atoms with Crippen molar-refractivity contribution in [3.8, 4) is 5.75 Å². The minimum Gasteiger partial charge on any atom is -0.484 e. The molecule has 6 nitrogen and oxygen atoms in total. The van der Waals surface area contributed by atoms with Crippen molar-refractivity contribution in [1.29, 1.82) is 0 Å². The molecule has 2 heterocycles. The van der Waals surface area contributed by atoms with Gasteiger partial charge in [0.25, 0.3) is 5.91 Å². The molecule has 0 unspecified atom stereocenters. The average molecular weight is 392 g/mol. The van der Waals surface area contributed by atoms with Crippen LogP contribution in [0.2, 0.25) is 0 Å². The van der Waals surface area contributed by atoms with Gasteiger partial charge in [-0.3, -0.25) is 10.1 Å². The van der Waals surface area contributed by atoms with Crippen LogP contribution in [0.4, 0.5) is 5.13 Å².